The number of rotatable bonds is 8. The lowest BCUT2D eigenvalue weighted by Crippen LogP contribution is -2.27. The largest absolute Gasteiger partial charge is 0.492 e. The van der Waals surface area contributed by atoms with Crippen LogP contribution in [0.25, 0.3) is 5.69 Å². The molecule has 1 saturated carbocycles. The van der Waals surface area contributed by atoms with E-state index in [1.165, 1.54) is 24.6 Å². The number of ether oxygens (including phenoxy) is 1. The number of tetrazole rings is 1. The van der Waals surface area contributed by atoms with Crippen LogP contribution in [0.1, 0.15) is 19.8 Å². The third kappa shape index (κ3) is 4.22. The fraction of sp³-hybridized carbons (Fsp3) is 0.467. The smallest absolute Gasteiger partial charge is 0.230 e. The summed E-state index contributed by atoms with van der Waals surface area (Å²) in [5.41, 5.74) is 0.764. The number of nitrogens with zero attached hydrogens (tertiary/aromatic N) is 4. The Morgan fingerprint density at radius 1 is 1.43 bits per heavy atom. The summed E-state index contributed by atoms with van der Waals surface area (Å²) in [6.07, 6.45) is 2.44. The minimum absolute atomic E-state index is 0.00884. The predicted octanol–water partition coefficient (Wildman–Crippen LogP) is 1.68. The molecular weight excluding hydrogens is 314 g/mol. The third-order valence-corrected chi connectivity index (χ3v) is 4.37. The van der Waals surface area contributed by atoms with Crippen LogP contribution in [0.4, 0.5) is 0 Å². The van der Waals surface area contributed by atoms with E-state index in [0.717, 1.165) is 12.2 Å². The molecule has 7 nitrogen and oxygen atoms in total. The molecule has 1 heterocycles. The maximum Gasteiger partial charge on any atom is 0.230 e. The summed E-state index contributed by atoms with van der Waals surface area (Å²) in [7, 11) is 0. The maximum absolute atomic E-state index is 11.9. The summed E-state index contributed by atoms with van der Waals surface area (Å²) in [5.74, 6) is 1.69. The molecule has 0 saturated heterocycles. The standard InChI is InChI=1S/C15H19N5O2S/c1-2-22-13-6-4-3-5-12(13)20-15(17-18-19-20)23-10-14(21)16-9-11-7-8-11/h3-6,11H,2,7-10H2,1H3,(H,16,21). The molecule has 1 fully saturated rings. The lowest BCUT2D eigenvalue weighted by Gasteiger charge is -2.10. The van der Waals surface area contributed by atoms with Crippen LogP contribution in [0.15, 0.2) is 29.4 Å². The number of nitrogens with one attached hydrogen (secondary N) is 1. The van der Waals surface area contributed by atoms with Gasteiger partial charge in [0.15, 0.2) is 0 Å². The zero-order valence-corrected chi connectivity index (χ0v) is 13.8. The first-order valence-electron chi connectivity index (χ1n) is 7.68. The second-order valence-electron chi connectivity index (χ2n) is 5.31. The van der Waals surface area contributed by atoms with Crippen LogP contribution < -0.4 is 10.1 Å². The molecule has 0 bridgehead atoms. The molecule has 0 aliphatic heterocycles. The fourth-order valence-electron chi connectivity index (χ4n) is 2.09. The van der Waals surface area contributed by atoms with Gasteiger partial charge in [-0.1, -0.05) is 23.9 Å². The second kappa shape index (κ2) is 7.45. The highest BCUT2D eigenvalue weighted by molar-refractivity contribution is 7.99. The van der Waals surface area contributed by atoms with Gasteiger partial charge in [-0.2, -0.15) is 4.68 Å². The van der Waals surface area contributed by atoms with Crippen LogP contribution in [0.2, 0.25) is 0 Å². The molecular formula is C15H19N5O2S. The van der Waals surface area contributed by atoms with E-state index in [4.69, 9.17) is 4.74 Å². The molecule has 2 aromatic rings. The van der Waals surface area contributed by atoms with Gasteiger partial charge < -0.3 is 10.1 Å². The van der Waals surface area contributed by atoms with Crippen molar-refractivity contribution in [2.75, 3.05) is 18.9 Å². The van der Waals surface area contributed by atoms with E-state index >= 15 is 0 Å². The first-order valence-corrected chi connectivity index (χ1v) is 8.66. The van der Waals surface area contributed by atoms with Crippen molar-refractivity contribution in [3.8, 4) is 11.4 Å². The van der Waals surface area contributed by atoms with Gasteiger partial charge >= 0.3 is 0 Å². The molecule has 3 rings (SSSR count). The number of hydrogen-bond acceptors (Lipinski definition) is 6. The van der Waals surface area contributed by atoms with Gasteiger partial charge in [-0.15, -0.1) is 5.10 Å². The Morgan fingerprint density at radius 2 is 2.26 bits per heavy atom. The van der Waals surface area contributed by atoms with Crippen LogP contribution in [0, 0.1) is 5.92 Å². The van der Waals surface area contributed by atoms with E-state index in [2.05, 4.69) is 20.8 Å². The van der Waals surface area contributed by atoms with Gasteiger partial charge in [0.05, 0.1) is 12.4 Å². The monoisotopic (exact) mass is 333 g/mol. The minimum Gasteiger partial charge on any atom is -0.492 e. The van der Waals surface area contributed by atoms with Crippen LogP contribution in [-0.2, 0) is 4.79 Å². The van der Waals surface area contributed by atoms with E-state index in [0.29, 0.717) is 29.2 Å². The lowest BCUT2D eigenvalue weighted by molar-refractivity contribution is -0.118. The highest BCUT2D eigenvalue weighted by atomic mass is 32.2. The van der Waals surface area contributed by atoms with E-state index < -0.39 is 0 Å². The van der Waals surface area contributed by atoms with Crippen molar-refractivity contribution < 1.29 is 9.53 Å². The normalized spacial score (nSPS) is 13.8. The van der Waals surface area contributed by atoms with Crippen molar-refractivity contribution in [2.24, 2.45) is 5.92 Å². The number of thioether (sulfide) groups is 1. The van der Waals surface area contributed by atoms with Gasteiger partial charge in [0.1, 0.15) is 11.4 Å². The molecule has 0 atom stereocenters. The van der Waals surface area contributed by atoms with E-state index in [9.17, 15) is 4.79 Å². The average Bonchev–Trinajstić information content (AvgIpc) is 3.28. The minimum atomic E-state index is 0.00884. The number of carbonyl (C=O) groups is 1. The van der Waals surface area contributed by atoms with Crippen molar-refractivity contribution in [3.63, 3.8) is 0 Å². The molecule has 1 aliphatic rings. The molecule has 0 radical (unpaired) electrons. The quantitative estimate of drug-likeness (QED) is 0.740. The van der Waals surface area contributed by atoms with Crippen molar-refractivity contribution in [3.05, 3.63) is 24.3 Å². The first-order chi connectivity index (χ1) is 11.3. The number of aromatic nitrogens is 4. The lowest BCUT2D eigenvalue weighted by atomic mass is 10.3. The predicted molar refractivity (Wildman–Crippen MR) is 86.8 cm³/mol. The third-order valence-electron chi connectivity index (χ3n) is 3.45. The number of para-hydroxylation sites is 2. The van der Waals surface area contributed by atoms with E-state index in [1.54, 1.807) is 4.68 Å². The van der Waals surface area contributed by atoms with E-state index in [-0.39, 0.29) is 5.91 Å². The van der Waals surface area contributed by atoms with Crippen molar-refractivity contribution in [1.82, 2.24) is 25.5 Å². The van der Waals surface area contributed by atoms with Crippen LogP contribution >= 0.6 is 11.8 Å². The van der Waals surface area contributed by atoms with Gasteiger partial charge in [-0.3, -0.25) is 4.79 Å². The summed E-state index contributed by atoms with van der Waals surface area (Å²) in [4.78, 5) is 11.9. The Balaban J connectivity index is 1.66. The van der Waals surface area contributed by atoms with E-state index in [1.807, 2.05) is 31.2 Å². The van der Waals surface area contributed by atoms with Crippen LogP contribution in [-0.4, -0.2) is 45.0 Å². The highest BCUT2D eigenvalue weighted by Gasteiger charge is 2.22. The van der Waals surface area contributed by atoms with Crippen molar-refractivity contribution in [1.29, 1.82) is 0 Å². The fourth-order valence-corrected chi connectivity index (χ4v) is 2.80. The molecule has 8 heteroatoms. The van der Waals surface area contributed by atoms with Gasteiger partial charge in [-0.25, -0.2) is 0 Å². The zero-order chi connectivity index (χ0) is 16.1. The second-order valence-corrected chi connectivity index (χ2v) is 6.25. The number of carbonyl (C=O) groups excluding carboxylic acids is 1. The number of benzene rings is 1. The number of hydrogen-bond donors (Lipinski definition) is 1. The Bertz CT molecular complexity index is 671. The van der Waals surface area contributed by atoms with Crippen LogP contribution in [0.3, 0.4) is 0 Å². The zero-order valence-electron chi connectivity index (χ0n) is 12.9. The summed E-state index contributed by atoms with van der Waals surface area (Å²) < 4.78 is 7.21. The molecule has 122 valence electrons. The molecule has 1 N–H and O–H groups in total. The SMILES string of the molecule is CCOc1ccccc1-n1nnnc1SCC(=O)NCC1CC1. The molecule has 1 aromatic carbocycles. The van der Waals surface area contributed by atoms with Gasteiger partial charge in [-0.05, 0) is 48.2 Å². The molecule has 23 heavy (non-hydrogen) atoms. The Labute approximate surface area is 138 Å². The van der Waals surface area contributed by atoms with Crippen molar-refractivity contribution in [2.45, 2.75) is 24.9 Å². The van der Waals surface area contributed by atoms with Crippen LogP contribution in [0.5, 0.6) is 5.75 Å². The summed E-state index contributed by atoms with van der Waals surface area (Å²) in [6.45, 7) is 3.26. The molecule has 1 amide bonds. The molecule has 0 unspecified atom stereocenters. The van der Waals surface area contributed by atoms with Crippen molar-refractivity contribution >= 4 is 17.7 Å². The van der Waals surface area contributed by atoms with Gasteiger partial charge in [0, 0.05) is 6.54 Å². The summed E-state index contributed by atoms with van der Waals surface area (Å²) in [6, 6.07) is 7.56. The Kier molecular flexibility index (Phi) is 5.12. The molecule has 1 aliphatic carbocycles. The highest BCUT2D eigenvalue weighted by Crippen LogP contribution is 2.28. The Hall–Kier alpha value is -2.09. The molecule has 1 aromatic heterocycles. The van der Waals surface area contributed by atoms with Gasteiger partial charge in [0.25, 0.3) is 0 Å². The summed E-state index contributed by atoms with van der Waals surface area (Å²) >= 11 is 1.31. The maximum atomic E-state index is 11.9. The summed E-state index contributed by atoms with van der Waals surface area (Å²) in [5, 5.41) is 15.2. The van der Waals surface area contributed by atoms with Gasteiger partial charge in [0.2, 0.25) is 11.1 Å². The Morgan fingerprint density at radius 3 is 3.04 bits per heavy atom. The topological polar surface area (TPSA) is 81.9 Å². The first kappa shape index (κ1) is 15.8. The number of amides is 1. The average molecular weight is 333 g/mol. The molecule has 0 spiro atoms.